The molecule has 0 aliphatic carbocycles. The van der Waals surface area contributed by atoms with Crippen molar-refractivity contribution in [3.8, 4) is 17.4 Å². The molecule has 0 fully saturated rings. The Bertz CT molecular complexity index is 560. The van der Waals surface area contributed by atoms with Crippen molar-refractivity contribution in [2.45, 2.75) is 13.3 Å². The molecule has 0 amide bonds. The van der Waals surface area contributed by atoms with Crippen LogP contribution in [0.25, 0.3) is 0 Å². The summed E-state index contributed by atoms with van der Waals surface area (Å²) in [5.41, 5.74) is 3.62. The van der Waals surface area contributed by atoms with E-state index in [1.54, 1.807) is 0 Å². The van der Waals surface area contributed by atoms with Crippen LogP contribution in [0.5, 0.6) is 17.4 Å². The van der Waals surface area contributed by atoms with Gasteiger partial charge in [0.15, 0.2) is 5.82 Å². The highest BCUT2D eigenvalue weighted by atomic mass is 16.5. The van der Waals surface area contributed by atoms with E-state index in [2.05, 4.69) is 22.3 Å². The van der Waals surface area contributed by atoms with Gasteiger partial charge in [0.2, 0.25) is 5.75 Å². The number of nitrogen functional groups attached to an aromatic ring is 1. The van der Waals surface area contributed by atoms with Gasteiger partial charge in [-0.25, -0.2) is 10.8 Å². The van der Waals surface area contributed by atoms with Crippen LogP contribution in [-0.4, -0.2) is 17.1 Å². The summed E-state index contributed by atoms with van der Waals surface area (Å²) in [6.07, 6.45) is 2.30. The molecule has 0 atom stereocenters. The second-order valence-electron chi connectivity index (χ2n) is 3.81. The molecule has 2 aromatic rings. The Morgan fingerprint density at radius 1 is 1.32 bits per heavy atom. The first-order valence-electron chi connectivity index (χ1n) is 5.90. The Hall–Kier alpha value is -2.34. The van der Waals surface area contributed by atoms with E-state index in [4.69, 9.17) is 15.3 Å². The molecule has 0 radical (unpaired) electrons. The third-order valence-electron chi connectivity index (χ3n) is 2.63. The standard InChI is InChI=1S/C13H16N4O2/c1-3-9-5-4-6-10(7-9)19-13-11(18-2)12(17-14)15-8-16-13/h4-8H,3,14H2,1-2H3,(H,15,16,17). The Morgan fingerprint density at radius 3 is 2.84 bits per heavy atom. The van der Waals surface area contributed by atoms with Gasteiger partial charge in [0.1, 0.15) is 12.1 Å². The molecule has 0 aliphatic heterocycles. The summed E-state index contributed by atoms with van der Waals surface area (Å²) in [4.78, 5) is 8.01. The highest BCUT2D eigenvalue weighted by Crippen LogP contribution is 2.33. The maximum atomic E-state index is 5.71. The predicted octanol–water partition coefficient (Wildman–Crippen LogP) is 2.13. The average molecular weight is 260 g/mol. The maximum Gasteiger partial charge on any atom is 0.268 e. The number of nitrogens with two attached hydrogens (primary N) is 1. The fourth-order valence-electron chi connectivity index (χ4n) is 1.66. The van der Waals surface area contributed by atoms with Crippen LogP contribution in [0.15, 0.2) is 30.6 Å². The molecular weight excluding hydrogens is 244 g/mol. The summed E-state index contributed by atoms with van der Waals surface area (Å²) in [5.74, 6) is 7.11. The molecule has 3 N–H and O–H groups in total. The number of hydrazine groups is 1. The van der Waals surface area contributed by atoms with Crippen LogP contribution in [0, 0.1) is 0 Å². The lowest BCUT2D eigenvalue weighted by Gasteiger charge is -2.11. The van der Waals surface area contributed by atoms with Crippen LogP contribution < -0.4 is 20.7 Å². The van der Waals surface area contributed by atoms with E-state index < -0.39 is 0 Å². The van der Waals surface area contributed by atoms with Crippen LogP contribution >= 0.6 is 0 Å². The SMILES string of the molecule is CCc1cccc(Oc2ncnc(NN)c2OC)c1. The number of hydrogen-bond donors (Lipinski definition) is 2. The third-order valence-corrected chi connectivity index (χ3v) is 2.63. The normalized spacial score (nSPS) is 10.1. The van der Waals surface area contributed by atoms with E-state index in [1.165, 1.54) is 19.0 Å². The van der Waals surface area contributed by atoms with Crippen LogP contribution in [0.1, 0.15) is 12.5 Å². The van der Waals surface area contributed by atoms with Crippen molar-refractivity contribution in [3.05, 3.63) is 36.2 Å². The zero-order chi connectivity index (χ0) is 13.7. The molecular formula is C13H16N4O2. The molecule has 1 heterocycles. The van der Waals surface area contributed by atoms with Gasteiger partial charge in [-0.2, -0.15) is 4.98 Å². The first-order chi connectivity index (χ1) is 9.28. The van der Waals surface area contributed by atoms with Crippen molar-refractivity contribution in [2.75, 3.05) is 12.5 Å². The monoisotopic (exact) mass is 260 g/mol. The van der Waals surface area contributed by atoms with Crippen molar-refractivity contribution in [2.24, 2.45) is 5.84 Å². The molecule has 1 aromatic carbocycles. The molecule has 0 bridgehead atoms. The fourth-order valence-corrected chi connectivity index (χ4v) is 1.66. The molecule has 0 spiro atoms. The van der Waals surface area contributed by atoms with Gasteiger partial charge < -0.3 is 14.9 Å². The first kappa shape index (κ1) is 13.1. The number of ether oxygens (including phenoxy) is 2. The average Bonchev–Trinajstić information content (AvgIpc) is 2.47. The van der Waals surface area contributed by atoms with Gasteiger partial charge in [0.05, 0.1) is 7.11 Å². The van der Waals surface area contributed by atoms with Crippen LogP contribution in [0.3, 0.4) is 0 Å². The van der Waals surface area contributed by atoms with Crippen molar-refractivity contribution in [1.82, 2.24) is 9.97 Å². The fraction of sp³-hybridized carbons (Fsp3) is 0.231. The van der Waals surface area contributed by atoms with E-state index in [0.717, 1.165) is 6.42 Å². The molecule has 0 saturated carbocycles. The number of aryl methyl sites for hydroxylation is 1. The predicted molar refractivity (Wildman–Crippen MR) is 72.3 cm³/mol. The first-order valence-corrected chi connectivity index (χ1v) is 5.90. The minimum absolute atomic E-state index is 0.318. The van der Waals surface area contributed by atoms with E-state index in [-0.39, 0.29) is 0 Å². The van der Waals surface area contributed by atoms with Gasteiger partial charge in [-0.05, 0) is 24.1 Å². The largest absolute Gasteiger partial charge is 0.489 e. The number of anilines is 1. The maximum absolute atomic E-state index is 5.71. The number of benzene rings is 1. The van der Waals surface area contributed by atoms with Gasteiger partial charge in [0, 0.05) is 0 Å². The van der Waals surface area contributed by atoms with E-state index >= 15 is 0 Å². The van der Waals surface area contributed by atoms with Gasteiger partial charge in [-0.3, -0.25) is 0 Å². The van der Waals surface area contributed by atoms with Gasteiger partial charge >= 0.3 is 0 Å². The number of hydrogen-bond acceptors (Lipinski definition) is 6. The lowest BCUT2D eigenvalue weighted by molar-refractivity contribution is 0.369. The molecule has 19 heavy (non-hydrogen) atoms. The van der Waals surface area contributed by atoms with Crippen molar-refractivity contribution >= 4 is 5.82 Å². The Kier molecular flexibility index (Phi) is 4.15. The number of methoxy groups -OCH3 is 1. The summed E-state index contributed by atoms with van der Waals surface area (Å²) in [6.45, 7) is 2.08. The highest BCUT2D eigenvalue weighted by molar-refractivity contribution is 5.55. The topological polar surface area (TPSA) is 82.3 Å². The summed E-state index contributed by atoms with van der Waals surface area (Å²) in [7, 11) is 1.51. The molecule has 0 unspecified atom stereocenters. The molecule has 100 valence electrons. The number of rotatable bonds is 5. The van der Waals surface area contributed by atoms with Crippen LogP contribution in [-0.2, 0) is 6.42 Å². The van der Waals surface area contributed by atoms with Gasteiger partial charge in [-0.15, -0.1) is 0 Å². The number of aromatic nitrogens is 2. The summed E-state index contributed by atoms with van der Waals surface area (Å²) >= 11 is 0. The molecule has 6 heteroatoms. The molecule has 1 aromatic heterocycles. The van der Waals surface area contributed by atoms with Crippen LogP contribution in [0.4, 0.5) is 5.82 Å². The summed E-state index contributed by atoms with van der Waals surface area (Å²) in [5, 5.41) is 0. The van der Waals surface area contributed by atoms with Crippen molar-refractivity contribution < 1.29 is 9.47 Å². The zero-order valence-corrected chi connectivity index (χ0v) is 10.9. The Labute approximate surface area is 111 Å². The Balaban J connectivity index is 2.32. The third kappa shape index (κ3) is 2.92. The second kappa shape index (κ2) is 6.01. The lowest BCUT2D eigenvalue weighted by Crippen LogP contribution is -2.10. The molecule has 2 rings (SSSR count). The van der Waals surface area contributed by atoms with Gasteiger partial charge in [-0.1, -0.05) is 19.1 Å². The van der Waals surface area contributed by atoms with E-state index in [0.29, 0.717) is 23.2 Å². The number of nitrogens with one attached hydrogen (secondary N) is 1. The smallest absolute Gasteiger partial charge is 0.268 e. The lowest BCUT2D eigenvalue weighted by atomic mass is 10.2. The van der Waals surface area contributed by atoms with Crippen molar-refractivity contribution in [3.63, 3.8) is 0 Å². The van der Waals surface area contributed by atoms with Gasteiger partial charge in [0.25, 0.3) is 5.88 Å². The molecule has 6 nitrogen and oxygen atoms in total. The van der Waals surface area contributed by atoms with E-state index in [1.807, 2.05) is 24.3 Å². The molecule has 0 aliphatic rings. The zero-order valence-electron chi connectivity index (χ0n) is 10.9. The highest BCUT2D eigenvalue weighted by Gasteiger charge is 2.13. The van der Waals surface area contributed by atoms with E-state index in [9.17, 15) is 0 Å². The summed E-state index contributed by atoms with van der Waals surface area (Å²) < 4.78 is 10.9. The second-order valence-corrected chi connectivity index (χ2v) is 3.81. The minimum Gasteiger partial charge on any atom is -0.489 e. The quantitative estimate of drug-likeness (QED) is 0.633. The van der Waals surface area contributed by atoms with Crippen LogP contribution in [0.2, 0.25) is 0 Å². The number of nitrogens with zero attached hydrogens (tertiary/aromatic N) is 2. The Morgan fingerprint density at radius 2 is 2.16 bits per heavy atom. The minimum atomic E-state index is 0.318. The molecule has 0 saturated heterocycles. The van der Waals surface area contributed by atoms with Crippen molar-refractivity contribution in [1.29, 1.82) is 0 Å². The summed E-state index contributed by atoms with van der Waals surface area (Å²) in [6, 6.07) is 7.79.